The predicted octanol–water partition coefficient (Wildman–Crippen LogP) is 3.52. The summed E-state index contributed by atoms with van der Waals surface area (Å²) in [6.07, 6.45) is 3.43. The maximum Gasteiger partial charge on any atom is 0.141 e. The lowest BCUT2D eigenvalue weighted by Gasteiger charge is -2.09. The fourth-order valence-electron chi connectivity index (χ4n) is 2.04. The Morgan fingerprint density at radius 3 is 2.16 bits per heavy atom. The lowest BCUT2D eigenvalue weighted by Crippen LogP contribution is -1.89. The van der Waals surface area contributed by atoms with E-state index >= 15 is 0 Å². The van der Waals surface area contributed by atoms with Crippen LogP contribution in [-0.4, -0.2) is 15.1 Å². The zero-order valence-corrected chi connectivity index (χ0v) is 10.2. The van der Waals surface area contributed by atoms with E-state index in [0.717, 1.165) is 16.8 Å². The maximum absolute atomic E-state index is 9.95. The van der Waals surface area contributed by atoms with Crippen molar-refractivity contribution >= 4 is 0 Å². The molecule has 0 spiro atoms. The summed E-state index contributed by atoms with van der Waals surface area (Å²) in [6, 6.07) is 16.9. The first-order chi connectivity index (χ1) is 9.36. The second kappa shape index (κ2) is 4.90. The average molecular weight is 248 g/mol. The monoisotopic (exact) mass is 248 g/mol. The topological polar surface area (TPSA) is 46.0 Å². The van der Waals surface area contributed by atoms with Crippen LogP contribution in [0.25, 0.3) is 22.5 Å². The van der Waals surface area contributed by atoms with Crippen molar-refractivity contribution in [2.45, 2.75) is 0 Å². The van der Waals surface area contributed by atoms with Crippen molar-refractivity contribution in [2.24, 2.45) is 0 Å². The minimum absolute atomic E-state index is 0.172. The molecule has 0 atom stereocenters. The Balaban J connectivity index is 2.21. The van der Waals surface area contributed by atoms with Crippen LogP contribution < -0.4 is 0 Å². The molecular weight excluding hydrogens is 236 g/mol. The van der Waals surface area contributed by atoms with Gasteiger partial charge in [-0.1, -0.05) is 30.3 Å². The Morgan fingerprint density at radius 2 is 1.42 bits per heavy atom. The van der Waals surface area contributed by atoms with Gasteiger partial charge in [0.15, 0.2) is 0 Å². The Labute approximate surface area is 111 Å². The van der Waals surface area contributed by atoms with Gasteiger partial charge in [0.1, 0.15) is 11.4 Å². The van der Waals surface area contributed by atoms with Crippen LogP contribution in [0.4, 0.5) is 0 Å². The number of benzene rings is 1. The number of aromatic nitrogens is 2. The van der Waals surface area contributed by atoms with Gasteiger partial charge in [0.2, 0.25) is 0 Å². The number of nitrogens with zero attached hydrogens (tertiary/aromatic N) is 2. The van der Waals surface area contributed by atoms with Gasteiger partial charge in [-0.3, -0.25) is 9.97 Å². The molecule has 3 nitrogen and oxygen atoms in total. The zero-order chi connectivity index (χ0) is 13.1. The number of hydrogen-bond acceptors (Lipinski definition) is 3. The molecule has 0 aliphatic carbocycles. The first kappa shape index (κ1) is 11.4. The van der Waals surface area contributed by atoms with E-state index in [0.29, 0.717) is 5.69 Å². The molecule has 0 saturated carbocycles. The minimum atomic E-state index is 0.172. The largest absolute Gasteiger partial charge is 0.506 e. The van der Waals surface area contributed by atoms with E-state index in [2.05, 4.69) is 9.97 Å². The van der Waals surface area contributed by atoms with Crippen LogP contribution in [0.3, 0.4) is 0 Å². The normalized spacial score (nSPS) is 10.3. The molecule has 0 amide bonds. The highest BCUT2D eigenvalue weighted by Crippen LogP contribution is 2.33. The smallest absolute Gasteiger partial charge is 0.141 e. The summed E-state index contributed by atoms with van der Waals surface area (Å²) >= 11 is 0. The molecule has 2 heterocycles. The number of pyridine rings is 2. The summed E-state index contributed by atoms with van der Waals surface area (Å²) in [5, 5.41) is 9.95. The average Bonchev–Trinajstić information content (AvgIpc) is 2.49. The molecule has 3 heteroatoms. The molecule has 1 N–H and O–H groups in total. The Hall–Kier alpha value is -2.68. The second-order valence-electron chi connectivity index (χ2n) is 4.13. The molecule has 3 rings (SSSR count). The van der Waals surface area contributed by atoms with E-state index in [-0.39, 0.29) is 5.75 Å². The summed E-state index contributed by atoms with van der Waals surface area (Å²) in [5.74, 6) is 0.172. The van der Waals surface area contributed by atoms with Crippen LogP contribution in [0.1, 0.15) is 0 Å². The number of aromatic hydroxyl groups is 1. The molecule has 0 radical (unpaired) electrons. The van der Waals surface area contributed by atoms with Gasteiger partial charge >= 0.3 is 0 Å². The summed E-state index contributed by atoms with van der Waals surface area (Å²) < 4.78 is 0. The van der Waals surface area contributed by atoms with Crippen LogP contribution >= 0.6 is 0 Å². The van der Waals surface area contributed by atoms with E-state index in [1.807, 2.05) is 42.5 Å². The van der Waals surface area contributed by atoms with Crippen molar-refractivity contribution in [2.75, 3.05) is 0 Å². The van der Waals surface area contributed by atoms with Crippen molar-refractivity contribution in [1.82, 2.24) is 9.97 Å². The van der Waals surface area contributed by atoms with E-state index in [1.54, 1.807) is 24.5 Å². The lowest BCUT2D eigenvalue weighted by molar-refractivity contribution is 0.475. The molecule has 0 fully saturated rings. The van der Waals surface area contributed by atoms with E-state index in [4.69, 9.17) is 0 Å². The van der Waals surface area contributed by atoms with Gasteiger partial charge in [-0.15, -0.1) is 0 Å². The molecule has 0 bridgehead atoms. The van der Waals surface area contributed by atoms with E-state index in [1.165, 1.54) is 0 Å². The summed E-state index contributed by atoms with van der Waals surface area (Å²) in [5.41, 5.74) is 3.27. The quantitative estimate of drug-likeness (QED) is 0.754. The SMILES string of the molecule is Oc1cccnc1-c1ccccc1-c1ccccn1. The molecule has 1 aromatic carbocycles. The molecule has 0 aliphatic rings. The summed E-state index contributed by atoms with van der Waals surface area (Å²) in [4.78, 5) is 8.61. The minimum Gasteiger partial charge on any atom is -0.506 e. The van der Waals surface area contributed by atoms with Gasteiger partial charge in [-0.05, 0) is 24.3 Å². The second-order valence-corrected chi connectivity index (χ2v) is 4.13. The third-order valence-electron chi connectivity index (χ3n) is 2.91. The molecule has 0 unspecified atom stereocenters. The van der Waals surface area contributed by atoms with Gasteiger partial charge < -0.3 is 5.11 Å². The van der Waals surface area contributed by atoms with Crippen molar-refractivity contribution in [3.8, 4) is 28.3 Å². The number of hydrogen-bond donors (Lipinski definition) is 1. The highest BCUT2D eigenvalue weighted by Gasteiger charge is 2.11. The van der Waals surface area contributed by atoms with Crippen LogP contribution in [0.5, 0.6) is 5.75 Å². The third kappa shape index (κ3) is 2.18. The molecular formula is C16H12N2O. The van der Waals surface area contributed by atoms with E-state index < -0.39 is 0 Å². The van der Waals surface area contributed by atoms with E-state index in [9.17, 15) is 5.11 Å². The first-order valence-electron chi connectivity index (χ1n) is 6.01. The van der Waals surface area contributed by atoms with Crippen molar-refractivity contribution < 1.29 is 5.11 Å². The third-order valence-corrected chi connectivity index (χ3v) is 2.91. The Bertz CT molecular complexity index is 696. The van der Waals surface area contributed by atoms with Gasteiger partial charge in [-0.2, -0.15) is 0 Å². The van der Waals surface area contributed by atoms with Crippen LogP contribution in [0, 0.1) is 0 Å². The standard InChI is InChI=1S/C16H12N2O/c19-15-9-5-11-18-16(15)13-7-2-1-6-12(13)14-8-3-4-10-17-14/h1-11,19H. The number of rotatable bonds is 2. The molecule has 92 valence electrons. The van der Waals surface area contributed by atoms with Crippen LogP contribution in [0.2, 0.25) is 0 Å². The fourth-order valence-corrected chi connectivity index (χ4v) is 2.04. The molecule has 0 saturated heterocycles. The first-order valence-corrected chi connectivity index (χ1v) is 6.01. The Morgan fingerprint density at radius 1 is 0.684 bits per heavy atom. The predicted molar refractivity (Wildman–Crippen MR) is 74.6 cm³/mol. The summed E-state index contributed by atoms with van der Waals surface area (Å²) in [7, 11) is 0. The van der Waals surface area contributed by atoms with Gasteiger partial charge in [0.05, 0.1) is 5.69 Å². The van der Waals surface area contributed by atoms with Crippen molar-refractivity contribution in [1.29, 1.82) is 0 Å². The van der Waals surface area contributed by atoms with Gasteiger partial charge in [-0.25, -0.2) is 0 Å². The van der Waals surface area contributed by atoms with Gasteiger partial charge in [0, 0.05) is 23.5 Å². The van der Waals surface area contributed by atoms with Crippen LogP contribution in [-0.2, 0) is 0 Å². The molecule has 19 heavy (non-hydrogen) atoms. The maximum atomic E-state index is 9.95. The highest BCUT2D eigenvalue weighted by atomic mass is 16.3. The fraction of sp³-hybridized carbons (Fsp3) is 0. The van der Waals surface area contributed by atoms with Crippen molar-refractivity contribution in [3.63, 3.8) is 0 Å². The van der Waals surface area contributed by atoms with Crippen molar-refractivity contribution in [3.05, 3.63) is 67.0 Å². The summed E-state index contributed by atoms with van der Waals surface area (Å²) in [6.45, 7) is 0. The van der Waals surface area contributed by atoms with Crippen LogP contribution in [0.15, 0.2) is 67.0 Å². The highest BCUT2D eigenvalue weighted by molar-refractivity contribution is 5.82. The lowest BCUT2D eigenvalue weighted by atomic mass is 10.0. The molecule has 2 aromatic heterocycles. The molecule has 3 aromatic rings. The Kier molecular flexibility index (Phi) is 2.94. The van der Waals surface area contributed by atoms with Gasteiger partial charge in [0.25, 0.3) is 0 Å². The zero-order valence-electron chi connectivity index (χ0n) is 10.2. The molecule has 0 aliphatic heterocycles.